The Bertz CT molecular complexity index is 500. The van der Waals surface area contributed by atoms with Crippen molar-refractivity contribution >= 4 is 0 Å². The van der Waals surface area contributed by atoms with Gasteiger partial charge in [-0.25, -0.2) is 0 Å². The third-order valence-corrected chi connectivity index (χ3v) is 5.61. The summed E-state index contributed by atoms with van der Waals surface area (Å²) in [7, 11) is 0. The quantitative estimate of drug-likeness (QED) is 0.909. The van der Waals surface area contributed by atoms with Gasteiger partial charge in [-0.15, -0.1) is 0 Å². The molecular formula is C19H28N2. The molecule has 1 heterocycles. The molecule has 0 amide bonds. The van der Waals surface area contributed by atoms with Gasteiger partial charge in [-0.05, 0) is 63.1 Å². The van der Waals surface area contributed by atoms with Gasteiger partial charge in [-0.3, -0.25) is 4.90 Å². The van der Waals surface area contributed by atoms with E-state index in [1.807, 2.05) is 0 Å². The molecule has 0 radical (unpaired) electrons. The molecule has 1 aromatic rings. The summed E-state index contributed by atoms with van der Waals surface area (Å²) in [5, 5.41) is 3.75. The van der Waals surface area contributed by atoms with E-state index in [4.69, 9.17) is 0 Å². The van der Waals surface area contributed by atoms with Crippen LogP contribution < -0.4 is 5.32 Å². The number of nitrogens with zero attached hydrogens (tertiary/aromatic N) is 1. The molecule has 1 saturated heterocycles. The number of benzene rings is 1. The van der Waals surface area contributed by atoms with Crippen LogP contribution in [-0.4, -0.2) is 30.1 Å². The molecule has 21 heavy (non-hydrogen) atoms. The lowest BCUT2D eigenvalue weighted by Gasteiger charge is -2.35. The number of nitrogens with one attached hydrogen (secondary N) is 1. The fourth-order valence-corrected chi connectivity index (χ4v) is 4.32. The zero-order chi connectivity index (χ0) is 14.2. The smallest absolute Gasteiger partial charge is 0.0357 e. The molecule has 1 aromatic carbocycles. The molecule has 2 aliphatic carbocycles. The predicted molar refractivity (Wildman–Crippen MR) is 87.6 cm³/mol. The van der Waals surface area contributed by atoms with Crippen molar-refractivity contribution in [3.05, 3.63) is 34.9 Å². The van der Waals surface area contributed by atoms with E-state index in [0.717, 1.165) is 12.1 Å². The molecule has 0 bridgehead atoms. The first-order valence-electron chi connectivity index (χ1n) is 8.90. The lowest BCUT2D eigenvalue weighted by atomic mass is 10.0. The van der Waals surface area contributed by atoms with Crippen molar-refractivity contribution in [1.29, 1.82) is 0 Å². The Hall–Kier alpha value is -0.860. The molecule has 0 aromatic heterocycles. The Kier molecular flexibility index (Phi) is 3.76. The van der Waals surface area contributed by atoms with E-state index in [2.05, 4.69) is 35.3 Å². The van der Waals surface area contributed by atoms with Gasteiger partial charge in [-0.1, -0.05) is 30.2 Å². The number of hydrogen-bond acceptors (Lipinski definition) is 2. The van der Waals surface area contributed by atoms with Crippen LogP contribution >= 0.6 is 0 Å². The Morgan fingerprint density at radius 1 is 1.14 bits per heavy atom. The standard InChI is InChI=1S/C19H28N2/c1-14-5-6-15-7-10-19(18(15)12-14)21(17-8-9-17)13-16-4-2-3-11-20-16/h5-6,12,16-17,19-20H,2-4,7-11,13H2,1H3. The van der Waals surface area contributed by atoms with Gasteiger partial charge >= 0.3 is 0 Å². The predicted octanol–water partition coefficient (Wildman–Crippen LogP) is 3.59. The van der Waals surface area contributed by atoms with E-state index in [1.54, 1.807) is 11.1 Å². The minimum Gasteiger partial charge on any atom is -0.313 e. The van der Waals surface area contributed by atoms with Crippen LogP contribution in [-0.2, 0) is 6.42 Å². The summed E-state index contributed by atoms with van der Waals surface area (Å²) in [4.78, 5) is 2.86. The van der Waals surface area contributed by atoms with E-state index in [-0.39, 0.29) is 0 Å². The van der Waals surface area contributed by atoms with Crippen molar-refractivity contribution in [2.45, 2.75) is 70.0 Å². The van der Waals surface area contributed by atoms with Gasteiger partial charge in [0.05, 0.1) is 0 Å². The highest BCUT2D eigenvalue weighted by Crippen LogP contribution is 2.42. The molecule has 3 aliphatic rings. The van der Waals surface area contributed by atoms with Gasteiger partial charge in [0, 0.05) is 24.7 Å². The minimum atomic E-state index is 0.691. The summed E-state index contributed by atoms with van der Waals surface area (Å²) in [6, 6.07) is 9.39. The van der Waals surface area contributed by atoms with Gasteiger partial charge < -0.3 is 5.32 Å². The Morgan fingerprint density at radius 2 is 2.05 bits per heavy atom. The highest BCUT2D eigenvalue weighted by Gasteiger charge is 2.38. The Labute approximate surface area is 128 Å². The van der Waals surface area contributed by atoms with Gasteiger partial charge in [0.2, 0.25) is 0 Å². The van der Waals surface area contributed by atoms with Gasteiger partial charge in [0.15, 0.2) is 0 Å². The van der Waals surface area contributed by atoms with E-state index >= 15 is 0 Å². The number of aryl methyl sites for hydroxylation is 2. The van der Waals surface area contributed by atoms with E-state index in [0.29, 0.717) is 6.04 Å². The highest BCUT2D eigenvalue weighted by atomic mass is 15.2. The van der Waals surface area contributed by atoms with Crippen molar-refractivity contribution in [3.8, 4) is 0 Å². The maximum Gasteiger partial charge on any atom is 0.0357 e. The Balaban J connectivity index is 1.54. The maximum absolute atomic E-state index is 3.75. The van der Waals surface area contributed by atoms with Gasteiger partial charge in [0.25, 0.3) is 0 Å². The van der Waals surface area contributed by atoms with Crippen LogP contribution in [0.1, 0.15) is 61.3 Å². The van der Waals surface area contributed by atoms with Crippen molar-refractivity contribution in [3.63, 3.8) is 0 Å². The fraction of sp³-hybridized carbons (Fsp3) is 0.684. The normalized spacial score (nSPS) is 28.9. The van der Waals surface area contributed by atoms with Crippen LogP contribution in [0.15, 0.2) is 18.2 Å². The zero-order valence-corrected chi connectivity index (χ0v) is 13.3. The summed E-state index contributed by atoms with van der Waals surface area (Å²) in [6.45, 7) is 4.73. The first kappa shape index (κ1) is 13.8. The van der Waals surface area contributed by atoms with Crippen LogP contribution in [0.25, 0.3) is 0 Å². The summed E-state index contributed by atoms with van der Waals surface area (Å²) in [6.07, 6.45) is 9.61. The molecule has 114 valence electrons. The molecule has 2 atom stereocenters. The fourth-order valence-electron chi connectivity index (χ4n) is 4.32. The monoisotopic (exact) mass is 284 g/mol. The van der Waals surface area contributed by atoms with Crippen LogP contribution in [0.2, 0.25) is 0 Å². The second-order valence-corrected chi connectivity index (χ2v) is 7.33. The van der Waals surface area contributed by atoms with Crippen LogP contribution in [0.5, 0.6) is 0 Å². The molecule has 2 fully saturated rings. The second-order valence-electron chi connectivity index (χ2n) is 7.33. The summed E-state index contributed by atoms with van der Waals surface area (Å²) >= 11 is 0. The summed E-state index contributed by atoms with van der Waals surface area (Å²) < 4.78 is 0. The van der Waals surface area contributed by atoms with Crippen molar-refractivity contribution in [2.75, 3.05) is 13.1 Å². The van der Waals surface area contributed by atoms with Gasteiger partial charge in [-0.2, -0.15) is 0 Å². The summed E-state index contributed by atoms with van der Waals surface area (Å²) in [5.41, 5.74) is 4.66. The van der Waals surface area contributed by atoms with E-state index in [1.165, 1.54) is 63.6 Å². The molecule has 1 saturated carbocycles. The molecular weight excluding hydrogens is 256 g/mol. The largest absolute Gasteiger partial charge is 0.313 e. The average molecular weight is 284 g/mol. The minimum absolute atomic E-state index is 0.691. The Morgan fingerprint density at radius 3 is 2.81 bits per heavy atom. The first-order valence-corrected chi connectivity index (χ1v) is 8.90. The molecule has 2 nitrogen and oxygen atoms in total. The van der Waals surface area contributed by atoms with Crippen LogP contribution in [0.3, 0.4) is 0 Å². The lowest BCUT2D eigenvalue weighted by molar-refractivity contribution is 0.156. The number of fused-ring (bicyclic) bond motifs is 1. The molecule has 2 heteroatoms. The average Bonchev–Trinajstić information content (AvgIpc) is 3.27. The molecule has 1 N–H and O–H groups in total. The first-order chi connectivity index (χ1) is 10.3. The van der Waals surface area contributed by atoms with Crippen LogP contribution in [0.4, 0.5) is 0 Å². The van der Waals surface area contributed by atoms with Crippen LogP contribution in [0, 0.1) is 6.92 Å². The topological polar surface area (TPSA) is 15.3 Å². The van der Waals surface area contributed by atoms with Gasteiger partial charge in [0.1, 0.15) is 0 Å². The number of hydrogen-bond donors (Lipinski definition) is 1. The van der Waals surface area contributed by atoms with Crippen molar-refractivity contribution < 1.29 is 0 Å². The highest BCUT2D eigenvalue weighted by molar-refractivity contribution is 5.38. The number of rotatable bonds is 4. The van der Waals surface area contributed by atoms with E-state index < -0.39 is 0 Å². The molecule has 0 spiro atoms. The number of piperidine rings is 1. The zero-order valence-electron chi connectivity index (χ0n) is 13.3. The van der Waals surface area contributed by atoms with Crippen molar-refractivity contribution in [1.82, 2.24) is 10.2 Å². The third kappa shape index (κ3) is 2.89. The molecule has 1 aliphatic heterocycles. The van der Waals surface area contributed by atoms with E-state index in [9.17, 15) is 0 Å². The molecule has 2 unspecified atom stereocenters. The lowest BCUT2D eigenvalue weighted by Crippen LogP contribution is -2.45. The third-order valence-electron chi connectivity index (χ3n) is 5.61. The maximum atomic E-state index is 3.75. The summed E-state index contributed by atoms with van der Waals surface area (Å²) in [5.74, 6) is 0. The SMILES string of the molecule is Cc1ccc2c(c1)C(N(CC1CCCCN1)C1CC1)CC2. The van der Waals surface area contributed by atoms with Crippen molar-refractivity contribution in [2.24, 2.45) is 0 Å². The molecule has 4 rings (SSSR count). The second kappa shape index (κ2) is 5.73.